The molecule has 0 amide bonds. The Hall–Kier alpha value is -1.25. The molecule has 0 fully saturated rings. The number of thioether (sulfide) groups is 1. The van der Waals surface area contributed by atoms with Crippen molar-refractivity contribution in [2.24, 2.45) is 5.92 Å². The van der Waals surface area contributed by atoms with E-state index in [1.54, 1.807) is 0 Å². The van der Waals surface area contributed by atoms with Gasteiger partial charge in [0.05, 0.1) is 0 Å². The van der Waals surface area contributed by atoms with Crippen molar-refractivity contribution in [2.75, 3.05) is 6.54 Å². The number of hydrogen-bond donors (Lipinski definition) is 1. The van der Waals surface area contributed by atoms with Gasteiger partial charge in [-0.3, -0.25) is 0 Å². The van der Waals surface area contributed by atoms with Crippen molar-refractivity contribution < 1.29 is 0 Å². The van der Waals surface area contributed by atoms with Gasteiger partial charge in [0.2, 0.25) is 0 Å². The maximum absolute atomic E-state index is 3.49. The molecule has 1 N–H and O–H groups in total. The molecule has 0 unspecified atom stereocenters. The lowest BCUT2D eigenvalue weighted by molar-refractivity contribution is 0.552. The van der Waals surface area contributed by atoms with Gasteiger partial charge in [-0.1, -0.05) is 56.3 Å². The maximum Gasteiger partial charge on any atom is 0.0231 e. The van der Waals surface area contributed by atoms with Crippen LogP contribution in [0.5, 0.6) is 0 Å². The molecule has 0 heterocycles. The molecular weight excluding hydrogens is 262 g/mol. The third kappa shape index (κ3) is 5.40. The first-order chi connectivity index (χ1) is 9.74. The number of nitrogens with one attached hydrogen (secondary N) is 1. The molecule has 2 heteroatoms. The van der Waals surface area contributed by atoms with Gasteiger partial charge in [-0.25, -0.2) is 0 Å². The lowest BCUT2D eigenvalue weighted by Gasteiger charge is -2.09. The monoisotopic (exact) mass is 285 g/mol. The van der Waals surface area contributed by atoms with Gasteiger partial charge in [-0.05, 0) is 35.7 Å². The zero-order valence-corrected chi connectivity index (χ0v) is 13.1. The summed E-state index contributed by atoms with van der Waals surface area (Å²) in [6.45, 7) is 6.50. The molecule has 0 saturated carbocycles. The van der Waals surface area contributed by atoms with Crippen LogP contribution in [0.2, 0.25) is 0 Å². The summed E-state index contributed by atoms with van der Waals surface area (Å²) in [5.41, 5.74) is 2.74. The Labute approximate surface area is 126 Å². The van der Waals surface area contributed by atoms with Crippen molar-refractivity contribution in [1.29, 1.82) is 0 Å². The molecule has 0 spiro atoms. The Balaban J connectivity index is 1.86. The topological polar surface area (TPSA) is 12.0 Å². The van der Waals surface area contributed by atoms with Crippen molar-refractivity contribution in [2.45, 2.75) is 31.0 Å². The van der Waals surface area contributed by atoms with Gasteiger partial charge < -0.3 is 5.32 Å². The predicted octanol–water partition coefficient (Wildman–Crippen LogP) is 4.72. The molecule has 0 aliphatic rings. The highest BCUT2D eigenvalue weighted by atomic mass is 32.2. The van der Waals surface area contributed by atoms with Gasteiger partial charge >= 0.3 is 0 Å². The standard InChI is InChI=1S/C18H23NS/c1-15(2)12-19-13-17-9-6-10-18(11-17)20-14-16-7-4-3-5-8-16/h3-11,15,19H,12-14H2,1-2H3. The van der Waals surface area contributed by atoms with Crippen molar-refractivity contribution in [1.82, 2.24) is 5.32 Å². The molecule has 2 aromatic rings. The molecule has 2 rings (SSSR count). The van der Waals surface area contributed by atoms with Crippen LogP contribution in [0.1, 0.15) is 25.0 Å². The molecule has 0 aliphatic carbocycles. The quantitative estimate of drug-likeness (QED) is 0.738. The fourth-order valence-electron chi connectivity index (χ4n) is 1.99. The van der Waals surface area contributed by atoms with E-state index in [9.17, 15) is 0 Å². The molecule has 0 saturated heterocycles. The molecule has 2 aromatic carbocycles. The largest absolute Gasteiger partial charge is 0.312 e. The van der Waals surface area contributed by atoms with Gasteiger partial charge in [0, 0.05) is 17.2 Å². The van der Waals surface area contributed by atoms with E-state index in [4.69, 9.17) is 0 Å². The van der Waals surface area contributed by atoms with Crippen LogP contribution in [-0.4, -0.2) is 6.54 Å². The number of benzene rings is 2. The van der Waals surface area contributed by atoms with Crippen LogP contribution in [0.25, 0.3) is 0 Å². The highest BCUT2D eigenvalue weighted by Crippen LogP contribution is 2.23. The van der Waals surface area contributed by atoms with Crippen molar-refractivity contribution in [3.63, 3.8) is 0 Å². The summed E-state index contributed by atoms with van der Waals surface area (Å²) in [4.78, 5) is 1.35. The zero-order chi connectivity index (χ0) is 14.2. The first-order valence-corrected chi connectivity index (χ1v) is 8.19. The van der Waals surface area contributed by atoms with E-state index in [1.807, 2.05) is 11.8 Å². The first kappa shape index (κ1) is 15.1. The summed E-state index contributed by atoms with van der Waals surface area (Å²) in [5.74, 6) is 1.73. The number of hydrogen-bond acceptors (Lipinski definition) is 2. The van der Waals surface area contributed by atoms with E-state index in [2.05, 4.69) is 73.8 Å². The van der Waals surface area contributed by atoms with Gasteiger partial charge in [0.1, 0.15) is 0 Å². The second kappa shape index (κ2) is 8.13. The minimum absolute atomic E-state index is 0.700. The first-order valence-electron chi connectivity index (χ1n) is 7.20. The Kier molecular flexibility index (Phi) is 6.16. The molecule has 0 aliphatic heterocycles. The van der Waals surface area contributed by atoms with Gasteiger partial charge in [-0.15, -0.1) is 11.8 Å². The summed E-state index contributed by atoms with van der Waals surface area (Å²) in [6.07, 6.45) is 0. The van der Waals surface area contributed by atoms with E-state index in [-0.39, 0.29) is 0 Å². The van der Waals surface area contributed by atoms with E-state index >= 15 is 0 Å². The lowest BCUT2D eigenvalue weighted by atomic mass is 10.2. The van der Waals surface area contributed by atoms with E-state index in [0.717, 1.165) is 18.8 Å². The van der Waals surface area contributed by atoms with Crippen molar-refractivity contribution in [3.8, 4) is 0 Å². The second-order valence-corrected chi connectivity index (χ2v) is 6.50. The molecular formula is C18H23NS. The summed E-state index contributed by atoms with van der Waals surface area (Å²) < 4.78 is 0. The summed E-state index contributed by atoms with van der Waals surface area (Å²) in [5, 5.41) is 3.49. The Bertz CT molecular complexity index is 508. The van der Waals surface area contributed by atoms with Crippen LogP contribution < -0.4 is 5.32 Å². The summed E-state index contributed by atoms with van der Waals surface area (Å²) in [7, 11) is 0. The van der Waals surface area contributed by atoms with Crippen LogP contribution in [0.15, 0.2) is 59.5 Å². The fraction of sp³-hybridized carbons (Fsp3) is 0.333. The molecule has 20 heavy (non-hydrogen) atoms. The van der Waals surface area contributed by atoms with Crippen LogP contribution in [-0.2, 0) is 12.3 Å². The molecule has 1 nitrogen and oxygen atoms in total. The van der Waals surface area contributed by atoms with Gasteiger partial charge in [-0.2, -0.15) is 0 Å². The van der Waals surface area contributed by atoms with Crippen LogP contribution in [0, 0.1) is 5.92 Å². The molecule has 0 bridgehead atoms. The van der Waals surface area contributed by atoms with Crippen molar-refractivity contribution >= 4 is 11.8 Å². The van der Waals surface area contributed by atoms with Gasteiger partial charge in [0.15, 0.2) is 0 Å². The van der Waals surface area contributed by atoms with Gasteiger partial charge in [0.25, 0.3) is 0 Å². The highest BCUT2D eigenvalue weighted by Gasteiger charge is 1.99. The molecule has 106 valence electrons. The van der Waals surface area contributed by atoms with Crippen LogP contribution >= 0.6 is 11.8 Å². The minimum Gasteiger partial charge on any atom is -0.312 e. The average molecular weight is 285 g/mol. The van der Waals surface area contributed by atoms with Crippen molar-refractivity contribution in [3.05, 3.63) is 65.7 Å². The number of rotatable bonds is 7. The van der Waals surface area contributed by atoms with Crippen LogP contribution in [0.4, 0.5) is 0 Å². The third-order valence-electron chi connectivity index (χ3n) is 3.03. The SMILES string of the molecule is CC(C)CNCc1cccc(SCc2ccccc2)c1. The minimum atomic E-state index is 0.700. The van der Waals surface area contributed by atoms with E-state index < -0.39 is 0 Å². The zero-order valence-electron chi connectivity index (χ0n) is 12.3. The average Bonchev–Trinajstić information content (AvgIpc) is 2.46. The maximum atomic E-state index is 3.49. The van der Waals surface area contributed by atoms with Crippen LogP contribution in [0.3, 0.4) is 0 Å². The Morgan fingerprint density at radius 3 is 2.45 bits per heavy atom. The second-order valence-electron chi connectivity index (χ2n) is 5.45. The Morgan fingerprint density at radius 1 is 0.950 bits per heavy atom. The Morgan fingerprint density at radius 2 is 1.70 bits per heavy atom. The summed E-state index contributed by atoms with van der Waals surface area (Å²) >= 11 is 1.90. The normalized spacial score (nSPS) is 10.9. The smallest absolute Gasteiger partial charge is 0.0231 e. The lowest BCUT2D eigenvalue weighted by Crippen LogP contribution is -2.18. The van der Waals surface area contributed by atoms with E-state index in [1.165, 1.54) is 16.0 Å². The molecule has 0 radical (unpaired) electrons. The van der Waals surface area contributed by atoms with E-state index in [0.29, 0.717) is 5.92 Å². The molecule has 0 aromatic heterocycles. The fourth-order valence-corrected chi connectivity index (χ4v) is 2.93. The molecule has 0 atom stereocenters. The summed E-state index contributed by atoms with van der Waals surface area (Å²) in [6, 6.07) is 19.5. The third-order valence-corrected chi connectivity index (χ3v) is 4.09. The highest BCUT2D eigenvalue weighted by molar-refractivity contribution is 7.98. The predicted molar refractivity (Wildman–Crippen MR) is 89.0 cm³/mol.